The largest absolute Gasteiger partial charge is 0.330 e. The summed E-state index contributed by atoms with van der Waals surface area (Å²) >= 11 is 7.65. The Morgan fingerprint density at radius 3 is 2.43 bits per heavy atom. The van der Waals surface area contributed by atoms with Crippen LogP contribution in [-0.4, -0.2) is 6.54 Å². The third kappa shape index (κ3) is 5.04. The predicted molar refractivity (Wildman–Crippen MR) is 91.9 cm³/mol. The summed E-state index contributed by atoms with van der Waals surface area (Å²) in [6.45, 7) is 0.730. The fourth-order valence-corrected chi connectivity index (χ4v) is 3.31. The Balaban J connectivity index is 2.10. The minimum atomic E-state index is 0.0625. The molecule has 0 heterocycles. The van der Waals surface area contributed by atoms with E-state index in [4.69, 9.17) is 23.1 Å². The van der Waals surface area contributed by atoms with Gasteiger partial charge in [0.25, 0.3) is 0 Å². The van der Waals surface area contributed by atoms with E-state index >= 15 is 0 Å². The first-order chi connectivity index (χ1) is 10.2. The highest BCUT2D eigenvalue weighted by atomic mass is 35.5. The lowest BCUT2D eigenvalue weighted by Gasteiger charge is -2.16. The maximum absolute atomic E-state index is 6.34. The van der Waals surface area contributed by atoms with Gasteiger partial charge in [-0.2, -0.15) is 0 Å². The van der Waals surface area contributed by atoms with Crippen molar-refractivity contribution in [3.63, 3.8) is 0 Å². The minimum absolute atomic E-state index is 0.0625. The van der Waals surface area contributed by atoms with Crippen LogP contribution in [0.2, 0.25) is 5.02 Å². The van der Waals surface area contributed by atoms with Crippen LogP contribution in [0.15, 0.2) is 58.3 Å². The summed E-state index contributed by atoms with van der Waals surface area (Å²) in [5, 5.41) is 0.756. The average molecular weight is 321 g/mol. The Labute approximate surface area is 135 Å². The first kappa shape index (κ1) is 16.4. The third-order valence-corrected chi connectivity index (χ3v) is 4.68. The van der Waals surface area contributed by atoms with Crippen LogP contribution in [0.1, 0.15) is 30.9 Å². The maximum Gasteiger partial charge on any atom is 0.0406 e. The van der Waals surface area contributed by atoms with Gasteiger partial charge in [-0.25, -0.2) is 0 Å². The van der Waals surface area contributed by atoms with Gasteiger partial charge in [-0.05, 0) is 55.3 Å². The molecule has 4 N–H and O–H groups in total. The van der Waals surface area contributed by atoms with E-state index in [2.05, 4.69) is 12.1 Å². The molecule has 0 aliphatic carbocycles. The van der Waals surface area contributed by atoms with E-state index in [9.17, 15) is 0 Å². The van der Waals surface area contributed by atoms with Crippen LogP contribution in [0.5, 0.6) is 0 Å². The Bertz CT molecular complexity index is 557. The van der Waals surface area contributed by atoms with E-state index in [1.807, 2.05) is 36.4 Å². The van der Waals surface area contributed by atoms with Crippen LogP contribution >= 0.6 is 23.4 Å². The highest BCUT2D eigenvalue weighted by molar-refractivity contribution is 7.99. The zero-order valence-electron chi connectivity index (χ0n) is 12.0. The molecule has 0 aromatic heterocycles. The topological polar surface area (TPSA) is 52.0 Å². The van der Waals surface area contributed by atoms with Crippen LogP contribution in [0.4, 0.5) is 0 Å². The molecular formula is C17H21ClN2S. The normalized spacial score (nSPS) is 12.3. The smallest absolute Gasteiger partial charge is 0.0406 e. The molecule has 2 nitrogen and oxygen atoms in total. The molecule has 0 aliphatic heterocycles. The molecule has 2 rings (SSSR count). The van der Waals surface area contributed by atoms with Crippen molar-refractivity contribution >= 4 is 23.4 Å². The predicted octanol–water partition coefficient (Wildman–Crippen LogP) is 4.62. The summed E-state index contributed by atoms with van der Waals surface area (Å²) in [7, 11) is 0. The van der Waals surface area contributed by atoms with Crippen molar-refractivity contribution in [1.82, 2.24) is 0 Å². The first-order valence-electron chi connectivity index (χ1n) is 7.18. The fourth-order valence-electron chi connectivity index (χ4n) is 2.17. The van der Waals surface area contributed by atoms with Crippen LogP contribution < -0.4 is 11.5 Å². The molecule has 2 aromatic carbocycles. The van der Waals surface area contributed by atoms with E-state index in [0.29, 0.717) is 0 Å². The molecule has 0 fully saturated rings. The number of hydrogen-bond donors (Lipinski definition) is 2. The lowest BCUT2D eigenvalue weighted by molar-refractivity contribution is 0.584. The highest BCUT2D eigenvalue weighted by Crippen LogP contribution is 2.34. The highest BCUT2D eigenvalue weighted by Gasteiger charge is 2.11. The quantitative estimate of drug-likeness (QED) is 0.732. The Morgan fingerprint density at radius 1 is 1.00 bits per heavy atom. The molecule has 0 radical (unpaired) electrons. The molecule has 0 saturated heterocycles. The summed E-state index contributed by atoms with van der Waals surface area (Å²) in [5.74, 6) is 0. The number of nitrogens with two attached hydrogens (primary N) is 2. The van der Waals surface area contributed by atoms with Crippen LogP contribution in [0.3, 0.4) is 0 Å². The number of halogens is 1. The van der Waals surface area contributed by atoms with Gasteiger partial charge in [-0.15, -0.1) is 0 Å². The standard InChI is InChI=1S/C17H21ClN2S/c18-13-8-10-14(11-9-13)21-17-7-2-1-5-15(17)16(20)6-3-4-12-19/h1-2,5,7-11,16H,3-4,6,12,19-20H2/t16-/m0/s1. The number of rotatable bonds is 7. The van der Waals surface area contributed by atoms with Gasteiger partial charge < -0.3 is 11.5 Å². The Hall–Kier alpha value is -1.00. The minimum Gasteiger partial charge on any atom is -0.330 e. The molecule has 0 saturated carbocycles. The van der Waals surface area contributed by atoms with E-state index in [0.717, 1.165) is 30.8 Å². The van der Waals surface area contributed by atoms with Crippen molar-refractivity contribution in [3.05, 3.63) is 59.1 Å². The first-order valence-corrected chi connectivity index (χ1v) is 8.38. The lowest BCUT2D eigenvalue weighted by atomic mass is 10.0. The van der Waals surface area contributed by atoms with Gasteiger partial charge in [0.1, 0.15) is 0 Å². The maximum atomic E-state index is 6.34. The molecule has 1 atom stereocenters. The Morgan fingerprint density at radius 2 is 1.71 bits per heavy atom. The second-order valence-corrected chi connectivity index (χ2v) is 6.54. The van der Waals surface area contributed by atoms with Crippen molar-refractivity contribution in [3.8, 4) is 0 Å². The van der Waals surface area contributed by atoms with Gasteiger partial charge >= 0.3 is 0 Å². The van der Waals surface area contributed by atoms with E-state index in [-0.39, 0.29) is 6.04 Å². The average Bonchev–Trinajstić information content (AvgIpc) is 2.50. The molecule has 112 valence electrons. The molecule has 0 amide bonds. The van der Waals surface area contributed by atoms with Gasteiger partial charge in [0, 0.05) is 20.9 Å². The number of hydrogen-bond acceptors (Lipinski definition) is 3. The summed E-state index contributed by atoms with van der Waals surface area (Å²) < 4.78 is 0. The summed E-state index contributed by atoms with van der Waals surface area (Å²) in [5.41, 5.74) is 13.1. The molecule has 0 spiro atoms. The summed E-state index contributed by atoms with van der Waals surface area (Å²) in [6, 6.07) is 16.3. The van der Waals surface area contributed by atoms with Gasteiger partial charge in [-0.1, -0.05) is 48.0 Å². The third-order valence-electron chi connectivity index (χ3n) is 3.33. The monoisotopic (exact) mass is 320 g/mol. The molecule has 0 bridgehead atoms. The van der Waals surface area contributed by atoms with Crippen molar-refractivity contribution in [1.29, 1.82) is 0 Å². The van der Waals surface area contributed by atoms with Crippen molar-refractivity contribution in [2.45, 2.75) is 35.1 Å². The van der Waals surface area contributed by atoms with Crippen LogP contribution in [0, 0.1) is 0 Å². The lowest BCUT2D eigenvalue weighted by Crippen LogP contribution is -2.12. The van der Waals surface area contributed by atoms with E-state index < -0.39 is 0 Å². The number of unbranched alkanes of at least 4 members (excludes halogenated alkanes) is 1. The molecule has 4 heteroatoms. The molecule has 0 unspecified atom stereocenters. The van der Waals surface area contributed by atoms with E-state index in [1.165, 1.54) is 15.4 Å². The van der Waals surface area contributed by atoms with Crippen molar-refractivity contribution in [2.75, 3.05) is 6.54 Å². The number of benzene rings is 2. The fraction of sp³-hybridized carbons (Fsp3) is 0.294. The van der Waals surface area contributed by atoms with Crippen LogP contribution in [0.25, 0.3) is 0 Å². The zero-order chi connectivity index (χ0) is 15.1. The van der Waals surface area contributed by atoms with Crippen molar-refractivity contribution in [2.24, 2.45) is 11.5 Å². The molecule has 0 aliphatic rings. The summed E-state index contributed by atoms with van der Waals surface area (Å²) in [4.78, 5) is 2.38. The van der Waals surface area contributed by atoms with Gasteiger partial charge in [0.2, 0.25) is 0 Å². The second kappa shape index (κ2) is 8.44. The molecule has 21 heavy (non-hydrogen) atoms. The van der Waals surface area contributed by atoms with E-state index in [1.54, 1.807) is 11.8 Å². The SMILES string of the molecule is NCCCC[C@H](N)c1ccccc1Sc1ccc(Cl)cc1. The summed E-state index contributed by atoms with van der Waals surface area (Å²) in [6.07, 6.45) is 3.06. The second-order valence-electron chi connectivity index (χ2n) is 4.98. The molecular weight excluding hydrogens is 300 g/mol. The van der Waals surface area contributed by atoms with Gasteiger partial charge in [-0.3, -0.25) is 0 Å². The van der Waals surface area contributed by atoms with Gasteiger partial charge in [0.15, 0.2) is 0 Å². The Kier molecular flexibility index (Phi) is 6.58. The zero-order valence-corrected chi connectivity index (χ0v) is 13.5. The van der Waals surface area contributed by atoms with Crippen molar-refractivity contribution < 1.29 is 0 Å². The van der Waals surface area contributed by atoms with Gasteiger partial charge in [0.05, 0.1) is 0 Å². The molecule has 2 aromatic rings. The van der Waals surface area contributed by atoms with Crippen LogP contribution in [-0.2, 0) is 0 Å².